The molecule has 0 fully saturated rings. The molecule has 30 heavy (non-hydrogen) atoms. The van der Waals surface area contributed by atoms with Gasteiger partial charge in [-0.2, -0.15) is 0 Å². The molecule has 1 atom stereocenters. The first-order chi connectivity index (χ1) is 14.1. The smallest absolute Gasteiger partial charge is 0.261 e. The number of benzene rings is 2. The fourth-order valence-electron chi connectivity index (χ4n) is 3.95. The van der Waals surface area contributed by atoms with Gasteiger partial charge in [0, 0.05) is 12.5 Å². The molecule has 0 amide bonds. The second kappa shape index (κ2) is 10.6. The van der Waals surface area contributed by atoms with Crippen molar-refractivity contribution in [3.05, 3.63) is 60.7 Å². The lowest BCUT2D eigenvalue weighted by atomic mass is 10.0. The van der Waals surface area contributed by atoms with Gasteiger partial charge in [0.1, 0.15) is 8.07 Å². The van der Waals surface area contributed by atoms with E-state index >= 15 is 0 Å². The molecule has 1 unspecified atom stereocenters. The molecule has 0 spiro atoms. The second-order valence-corrected chi connectivity index (χ2v) is 19.4. The van der Waals surface area contributed by atoms with E-state index in [0.29, 0.717) is 12.5 Å². The van der Waals surface area contributed by atoms with Crippen LogP contribution in [0.25, 0.3) is 0 Å². The van der Waals surface area contributed by atoms with Crippen molar-refractivity contribution in [2.45, 2.75) is 71.6 Å². The van der Waals surface area contributed by atoms with Crippen LogP contribution in [0.5, 0.6) is 0 Å². The van der Waals surface area contributed by atoms with Crippen LogP contribution in [0.2, 0.25) is 24.7 Å². The van der Waals surface area contributed by atoms with E-state index in [4.69, 9.17) is 4.43 Å². The fourth-order valence-corrected chi connectivity index (χ4v) is 9.20. The Morgan fingerprint density at radius 1 is 0.867 bits per heavy atom. The Morgan fingerprint density at radius 2 is 1.37 bits per heavy atom. The highest BCUT2D eigenvalue weighted by molar-refractivity contribution is 6.99. The maximum Gasteiger partial charge on any atom is 0.261 e. The van der Waals surface area contributed by atoms with Crippen LogP contribution in [0.1, 0.15) is 47.0 Å². The standard InChI is InChI=1S/C27H40OSi2/c1-8-9-16-24(21-22-29(5,6)7)23-28-30(27(2,3)4,25-17-12-10-13-18-25)26-19-14-11-15-20-26/h10-15,17-20,24H,8-9,16,23H2,1-7H3. The first-order valence-corrected chi connectivity index (χ1v) is 16.8. The molecule has 1 nitrogen and oxygen atoms in total. The van der Waals surface area contributed by atoms with Crippen LogP contribution in [-0.2, 0) is 4.43 Å². The maximum atomic E-state index is 7.14. The molecule has 0 saturated carbocycles. The summed E-state index contributed by atoms with van der Waals surface area (Å²) in [6, 6.07) is 21.8. The summed E-state index contributed by atoms with van der Waals surface area (Å²) in [7, 11) is -3.89. The Balaban J connectivity index is 2.50. The fraction of sp³-hybridized carbons (Fsp3) is 0.481. The van der Waals surface area contributed by atoms with Crippen molar-refractivity contribution in [1.29, 1.82) is 0 Å². The van der Waals surface area contributed by atoms with E-state index in [1.807, 2.05) is 0 Å². The van der Waals surface area contributed by atoms with E-state index < -0.39 is 16.4 Å². The normalized spacial score (nSPS) is 13.4. The Morgan fingerprint density at radius 3 is 1.77 bits per heavy atom. The van der Waals surface area contributed by atoms with E-state index in [1.165, 1.54) is 23.2 Å². The minimum Gasteiger partial charge on any atom is -0.406 e. The largest absolute Gasteiger partial charge is 0.406 e. The summed E-state index contributed by atoms with van der Waals surface area (Å²) in [4.78, 5) is 0. The third-order valence-corrected chi connectivity index (χ3v) is 11.4. The molecule has 0 aliphatic heterocycles. The third kappa shape index (κ3) is 6.44. The zero-order chi connectivity index (χ0) is 22.3. The van der Waals surface area contributed by atoms with Crippen molar-refractivity contribution in [1.82, 2.24) is 0 Å². The first kappa shape index (κ1) is 24.7. The van der Waals surface area contributed by atoms with Gasteiger partial charge in [0.15, 0.2) is 0 Å². The van der Waals surface area contributed by atoms with Crippen molar-refractivity contribution < 1.29 is 4.43 Å². The minimum atomic E-state index is -2.48. The van der Waals surface area contributed by atoms with Crippen LogP contribution < -0.4 is 10.4 Å². The molecule has 2 rings (SSSR count). The van der Waals surface area contributed by atoms with Gasteiger partial charge < -0.3 is 4.43 Å². The number of rotatable bonds is 8. The summed E-state index contributed by atoms with van der Waals surface area (Å²) in [5.74, 6) is 3.93. The van der Waals surface area contributed by atoms with Gasteiger partial charge in [-0.25, -0.2) is 0 Å². The van der Waals surface area contributed by atoms with Crippen LogP contribution in [0, 0.1) is 17.4 Å². The van der Waals surface area contributed by atoms with Gasteiger partial charge in [0.2, 0.25) is 0 Å². The van der Waals surface area contributed by atoms with E-state index in [-0.39, 0.29) is 5.04 Å². The number of hydrogen-bond acceptors (Lipinski definition) is 1. The topological polar surface area (TPSA) is 9.23 Å². The molecular formula is C27H40OSi2. The predicted octanol–water partition coefficient (Wildman–Crippen LogP) is 6.25. The summed E-state index contributed by atoms with van der Waals surface area (Å²) in [5, 5.41) is 2.70. The van der Waals surface area contributed by atoms with Crippen molar-refractivity contribution >= 4 is 26.8 Å². The zero-order valence-corrected chi connectivity index (χ0v) is 22.1. The van der Waals surface area contributed by atoms with Gasteiger partial charge >= 0.3 is 0 Å². The van der Waals surface area contributed by atoms with E-state index in [9.17, 15) is 0 Å². The van der Waals surface area contributed by atoms with E-state index in [1.54, 1.807) is 0 Å². The minimum absolute atomic E-state index is 0.0111. The molecule has 3 heteroatoms. The van der Waals surface area contributed by atoms with Gasteiger partial charge in [-0.05, 0) is 21.8 Å². The lowest BCUT2D eigenvalue weighted by Gasteiger charge is -2.43. The average molecular weight is 437 g/mol. The molecule has 0 saturated heterocycles. The summed E-state index contributed by atoms with van der Waals surface area (Å²) in [5.41, 5.74) is 3.61. The molecule has 0 N–H and O–H groups in total. The molecular weight excluding hydrogens is 396 g/mol. The predicted molar refractivity (Wildman–Crippen MR) is 138 cm³/mol. The maximum absolute atomic E-state index is 7.14. The van der Waals surface area contributed by atoms with Crippen LogP contribution in [-0.4, -0.2) is 23.0 Å². The second-order valence-electron chi connectivity index (χ2n) is 10.3. The van der Waals surface area contributed by atoms with Crippen molar-refractivity contribution in [3.8, 4) is 11.5 Å². The first-order valence-electron chi connectivity index (χ1n) is 11.4. The monoisotopic (exact) mass is 436 g/mol. The van der Waals surface area contributed by atoms with Gasteiger partial charge in [-0.1, -0.05) is 121 Å². The lowest BCUT2D eigenvalue weighted by Crippen LogP contribution is -2.66. The molecule has 0 aliphatic rings. The SMILES string of the molecule is CCCCC(C#C[Si](C)(C)C)CO[Si](c1ccccc1)(c1ccccc1)C(C)(C)C. The molecule has 0 aliphatic carbocycles. The van der Waals surface area contributed by atoms with Gasteiger partial charge in [-0.3, -0.25) is 0 Å². The Labute approximate surface area is 187 Å². The summed E-state index contributed by atoms with van der Waals surface area (Å²) < 4.78 is 7.14. The number of unbranched alkanes of at least 4 members (excludes halogenated alkanes) is 1. The van der Waals surface area contributed by atoms with E-state index in [2.05, 4.69) is 119 Å². The summed E-state index contributed by atoms with van der Waals surface area (Å²) in [6.07, 6.45) is 3.52. The third-order valence-electron chi connectivity index (χ3n) is 5.48. The molecule has 0 aromatic heterocycles. The summed E-state index contributed by atoms with van der Waals surface area (Å²) in [6.45, 7) is 17.0. The van der Waals surface area contributed by atoms with Gasteiger partial charge in [0.05, 0.1) is 0 Å². The van der Waals surface area contributed by atoms with Crippen molar-refractivity contribution in [2.75, 3.05) is 6.61 Å². The van der Waals surface area contributed by atoms with Gasteiger partial charge in [-0.15, -0.1) is 11.5 Å². The van der Waals surface area contributed by atoms with Crippen LogP contribution >= 0.6 is 0 Å². The van der Waals surface area contributed by atoms with Crippen LogP contribution in [0.4, 0.5) is 0 Å². The molecule has 2 aromatic rings. The zero-order valence-electron chi connectivity index (χ0n) is 20.1. The average Bonchev–Trinajstić information content (AvgIpc) is 2.69. The van der Waals surface area contributed by atoms with Crippen molar-refractivity contribution in [3.63, 3.8) is 0 Å². The molecule has 162 valence electrons. The number of hydrogen-bond donors (Lipinski definition) is 0. The van der Waals surface area contributed by atoms with Crippen LogP contribution in [0.3, 0.4) is 0 Å². The quantitative estimate of drug-likeness (QED) is 0.351. The van der Waals surface area contributed by atoms with Gasteiger partial charge in [0.25, 0.3) is 8.32 Å². The highest BCUT2D eigenvalue weighted by Crippen LogP contribution is 2.37. The Hall–Kier alpha value is -1.61. The summed E-state index contributed by atoms with van der Waals surface area (Å²) >= 11 is 0. The Bertz CT molecular complexity index is 781. The lowest BCUT2D eigenvalue weighted by molar-refractivity contribution is 0.255. The molecule has 0 heterocycles. The Kier molecular flexibility index (Phi) is 8.73. The van der Waals surface area contributed by atoms with Crippen LogP contribution in [0.15, 0.2) is 60.7 Å². The molecule has 2 aromatic carbocycles. The van der Waals surface area contributed by atoms with Crippen molar-refractivity contribution in [2.24, 2.45) is 5.92 Å². The van der Waals surface area contributed by atoms with E-state index in [0.717, 1.165) is 6.42 Å². The molecule has 0 radical (unpaired) electrons. The highest BCUT2D eigenvalue weighted by Gasteiger charge is 2.50. The highest BCUT2D eigenvalue weighted by atomic mass is 28.4. The molecule has 0 bridgehead atoms.